The van der Waals surface area contributed by atoms with Gasteiger partial charge in [0.2, 0.25) is 0 Å². The molecule has 2 rings (SSSR count). The van der Waals surface area contributed by atoms with Gasteiger partial charge in [-0.05, 0) is 38.7 Å². The highest BCUT2D eigenvalue weighted by Gasteiger charge is 2.33. The SMILES string of the molecule is CCNC(=NCc1nc(C(F)(F)F)cs1)NCC(c1ccc(F)cc1)N(C)C. The van der Waals surface area contributed by atoms with Gasteiger partial charge in [-0.3, -0.25) is 0 Å². The molecule has 28 heavy (non-hydrogen) atoms. The molecule has 5 nitrogen and oxygen atoms in total. The van der Waals surface area contributed by atoms with E-state index < -0.39 is 11.9 Å². The van der Waals surface area contributed by atoms with Crippen molar-refractivity contribution in [2.45, 2.75) is 25.7 Å². The van der Waals surface area contributed by atoms with Gasteiger partial charge in [0.05, 0.1) is 12.6 Å². The van der Waals surface area contributed by atoms with Gasteiger partial charge in [0.15, 0.2) is 11.7 Å². The Balaban J connectivity index is 2.05. The predicted molar refractivity (Wildman–Crippen MR) is 103 cm³/mol. The molecule has 0 spiro atoms. The first kappa shape index (κ1) is 22.1. The molecule has 0 saturated heterocycles. The lowest BCUT2D eigenvalue weighted by molar-refractivity contribution is -0.140. The first-order chi connectivity index (χ1) is 13.2. The molecule has 0 aliphatic heterocycles. The van der Waals surface area contributed by atoms with Crippen LogP contribution in [0.3, 0.4) is 0 Å². The average molecular weight is 417 g/mol. The number of benzene rings is 1. The second-order valence-electron chi connectivity index (χ2n) is 6.23. The third-order valence-corrected chi connectivity index (χ3v) is 4.73. The maximum absolute atomic E-state index is 13.2. The van der Waals surface area contributed by atoms with E-state index in [1.165, 1.54) is 12.1 Å². The van der Waals surface area contributed by atoms with Crippen molar-refractivity contribution in [3.63, 3.8) is 0 Å². The van der Waals surface area contributed by atoms with Gasteiger partial charge >= 0.3 is 6.18 Å². The molecule has 0 amide bonds. The van der Waals surface area contributed by atoms with Crippen LogP contribution in [0.25, 0.3) is 0 Å². The Labute approximate surface area is 165 Å². The van der Waals surface area contributed by atoms with Crippen molar-refractivity contribution < 1.29 is 17.6 Å². The molecule has 154 valence electrons. The van der Waals surface area contributed by atoms with Crippen LogP contribution in [-0.2, 0) is 12.7 Å². The first-order valence-electron chi connectivity index (χ1n) is 8.66. The number of aromatic nitrogens is 1. The topological polar surface area (TPSA) is 52.6 Å². The van der Waals surface area contributed by atoms with Gasteiger partial charge in [0.1, 0.15) is 10.8 Å². The Morgan fingerprint density at radius 3 is 2.43 bits per heavy atom. The van der Waals surface area contributed by atoms with Crippen molar-refractivity contribution in [1.29, 1.82) is 0 Å². The van der Waals surface area contributed by atoms with E-state index in [1.54, 1.807) is 12.1 Å². The number of thiazole rings is 1. The molecule has 0 saturated carbocycles. The van der Waals surface area contributed by atoms with E-state index in [2.05, 4.69) is 20.6 Å². The summed E-state index contributed by atoms with van der Waals surface area (Å²) in [5.41, 5.74) is 0.0362. The van der Waals surface area contributed by atoms with Gasteiger partial charge in [-0.25, -0.2) is 14.4 Å². The minimum Gasteiger partial charge on any atom is -0.357 e. The van der Waals surface area contributed by atoms with Crippen molar-refractivity contribution in [1.82, 2.24) is 20.5 Å². The largest absolute Gasteiger partial charge is 0.434 e. The van der Waals surface area contributed by atoms with Crippen molar-refractivity contribution >= 4 is 17.3 Å². The number of aliphatic imine (C=N–C) groups is 1. The first-order valence-corrected chi connectivity index (χ1v) is 9.54. The fraction of sp³-hybridized carbons (Fsp3) is 0.444. The summed E-state index contributed by atoms with van der Waals surface area (Å²) in [6.45, 7) is 3.02. The number of hydrogen-bond donors (Lipinski definition) is 2. The third kappa shape index (κ3) is 6.45. The molecular weight excluding hydrogens is 394 g/mol. The molecule has 0 radical (unpaired) electrons. The van der Waals surface area contributed by atoms with Crippen LogP contribution in [-0.4, -0.2) is 43.0 Å². The molecule has 1 aromatic heterocycles. The number of halogens is 4. The van der Waals surface area contributed by atoms with E-state index in [0.29, 0.717) is 19.0 Å². The van der Waals surface area contributed by atoms with Crippen molar-refractivity contribution in [3.8, 4) is 0 Å². The number of alkyl halides is 3. The number of rotatable bonds is 7. The maximum atomic E-state index is 13.2. The Bertz CT molecular complexity index is 771. The van der Waals surface area contributed by atoms with Crippen LogP contribution < -0.4 is 10.6 Å². The van der Waals surface area contributed by atoms with Crippen LogP contribution in [0.5, 0.6) is 0 Å². The van der Waals surface area contributed by atoms with Crippen molar-refractivity contribution in [3.05, 3.63) is 51.7 Å². The molecule has 1 unspecified atom stereocenters. The highest BCUT2D eigenvalue weighted by molar-refractivity contribution is 7.09. The number of nitrogens with zero attached hydrogens (tertiary/aromatic N) is 3. The van der Waals surface area contributed by atoms with Crippen LogP contribution in [0.4, 0.5) is 17.6 Å². The monoisotopic (exact) mass is 417 g/mol. The number of guanidine groups is 1. The Kier molecular flexibility index (Phi) is 7.76. The molecule has 1 atom stereocenters. The molecular formula is C18H23F4N5S. The summed E-state index contributed by atoms with van der Waals surface area (Å²) in [5.74, 6) is 0.172. The summed E-state index contributed by atoms with van der Waals surface area (Å²) >= 11 is 0.926. The number of hydrogen-bond acceptors (Lipinski definition) is 4. The standard InChI is InChI=1S/C18H23F4N5S/c1-4-23-17(25-10-16-26-15(11-28-16)18(20,21)22)24-9-14(27(2)3)12-5-7-13(19)8-6-12/h5-8,11,14H,4,9-10H2,1-3H3,(H2,23,24,25). The number of likely N-dealkylation sites (N-methyl/N-ethyl adjacent to an activating group) is 1. The molecule has 1 aromatic carbocycles. The molecule has 0 fully saturated rings. The normalized spacial score (nSPS) is 13.6. The lowest BCUT2D eigenvalue weighted by Gasteiger charge is -2.26. The summed E-state index contributed by atoms with van der Waals surface area (Å²) in [4.78, 5) is 9.88. The highest BCUT2D eigenvalue weighted by atomic mass is 32.1. The van der Waals surface area contributed by atoms with Gasteiger partial charge in [0.25, 0.3) is 0 Å². The lowest BCUT2D eigenvalue weighted by atomic mass is 10.1. The van der Waals surface area contributed by atoms with Crippen LogP contribution in [0.2, 0.25) is 0 Å². The molecule has 0 aliphatic carbocycles. The van der Waals surface area contributed by atoms with Crippen molar-refractivity contribution in [2.75, 3.05) is 27.2 Å². The predicted octanol–water partition coefficient (Wildman–Crippen LogP) is 3.66. The smallest absolute Gasteiger partial charge is 0.357 e. The van der Waals surface area contributed by atoms with E-state index in [4.69, 9.17) is 0 Å². The highest BCUT2D eigenvalue weighted by Crippen LogP contribution is 2.30. The fourth-order valence-corrected chi connectivity index (χ4v) is 3.20. The minimum atomic E-state index is -4.45. The zero-order valence-electron chi connectivity index (χ0n) is 15.8. The van der Waals surface area contributed by atoms with Crippen LogP contribution in [0.1, 0.15) is 29.2 Å². The van der Waals surface area contributed by atoms with E-state index in [0.717, 1.165) is 22.3 Å². The Morgan fingerprint density at radius 2 is 1.89 bits per heavy atom. The molecule has 10 heteroatoms. The molecule has 2 N–H and O–H groups in total. The zero-order chi connectivity index (χ0) is 20.7. The second kappa shape index (κ2) is 9.83. The quantitative estimate of drug-likeness (QED) is 0.410. The summed E-state index contributed by atoms with van der Waals surface area (Å²) in [7, 11) is 3.82. The maximum Gasteiger partial charge on any atom is 0.434 e. The molecule has 1 heterocycles. The van der Waals surface area contributed by atoms with Gasteiger partial charge in [0, 0.05) is 18.5 Å². The van der Waals surface area contributed by atoms with E-state index in [-0.39, 0.29) is 23.4 Å². The van der Waals surface area contributed by atoms with Crippen LogP contribution >= 0.6 is 11.3 Å². The van der Waals surface area contributed by atoms with E-state index in [1.807, 2.05) is 25.9 Å². The minimum absolute atomic E-state index is 0.0406. The average Bonchev–Trinajstić information content (AvgIpc) is 3.10. The van der Waals surface area contributed by atoms with Gasteiger partial charge < -0.3 is 15.5 Å². The molecule has 2 aromatic rings. The number of nitrogens with one attached hydrogen (secondary N) is 2. The summed E-state index contributed by atoms with van der Waals surface area (Å²) < 4.78 is 51.1. The molecule has 0 aliphatic rings. The van der Waals surface area contributed by atoms with Crippen molar-refractivity contribution in [2.24, 2.45) is 4.99 Å². The summed E-state index contributed by atoms with van der Waals surface area (Å²) in [6.07, 6.45) is -4.45. The van der Waals surface area contributed by atoms with Crippen LogP contribution in [0, 0.1) is 5.82 Å². The van der Waals surface area contributed by atoms with Gasteiger partial charge in [-0.2, -0.15) is 13.2 Å². The molecule has 0 bridgehead atoms. The van der Waals surface area contributed by atoms with Gasteiger partial charge in [-0.1, -0.05) is 12.1 Å². The van der Waals surface area contributed by atoms with Crippen LogP contribution in [0.15, 0.2) is 34.6 Å². The van der Waals surface area contributed by atoms with E-state index >= 15 is 0 Å². The Morgan fingerprint density at radius 1 is 1.21 bits per heavy atom. The third-order valence-electron chi connectivity index (χ3n) is 3.90. The Hall–Kier alpha value is -2.20. The van der Waals surface area contributed by atoms with Gasteiger partial charge in [-0.15, -0.1) is 11.3 Å². The second-order valence-corrected chi connectivity index (χ2v) is 7.17. The fourth-order valence-electron chi connectivity index (χ4n) is 2.48. The zero-order valence-corrected chi connectivity index (χ0v) is 16.7. The summed E-state index contributed by atoms with van der Waals surface area (Å²) in [5, 5.41) is 7.51. The lowest BCUT2D eigenvalue weighted by Crippen LogP contribution is -2.41. The van der Waals surface area contributed by atoms with E-state index in [9.17, 15) is 17.6 Å². The summed E-state index contributed by atoms with van der Waals surface area (Å²) in [6, 6.07) is 6.22.